The predicted molar refractivity (Wildman–Crippen MR) is 72.4 cm³/mol. The summed E-state index contributed by atoms with van der Waals surface area (Å²) < 4.78 is 19.1. The SMILES string of the molecule is CCNc1cc(Oc2cccc(Cl)c2F)nc(C)n1. The smallest absolute Gasteiger partial charge is 0.224 e. The summed E-state index contributed by atoms with van der Waals surface area (Å²) in [5.74, 6) is 0.867. The van der Waals surface area contributed by atoms with Gasteiger partial charge in [0.25, 0.3) is 0 Å². The Hall–Kier alpha value is -1.88. The lowest BCUT2D eigenvalue weighted by molar-refractivity contribution is 0.426. The highest BCUT2D eigenvalue weighted by Crippen LogP contribution is 2.28. The van der Waals surface area contributed by atoms with Gasteiger partial charge in [-0.1, -0.05) is 17.7 Å². The Morgan fingerprint density at radius 3 is 2.89 bits per heavy atom. The molecule has 2 rings (SSSR count). The van der Waals surface area contributed by atoms with E-state index >= 15 is 0 Å². The number of nitrogens with one attached hydrogen (secondary N) is 1. The molecule has 0 aliphatic heterocycles. The van der Waals surface area contributed by atoms with E-state index in [4.69, 9.17) is 16.3 Å². The molecule has 0 bridgehead atoms. The molecule has 0 unspecified atom stereocenters. The second kappa shape index (κ2) is 5.84. The van der Waals surface area contributed by atoms with E-state index < -0.39 is 5.82 Å². The van der Waals surface area contributed by atoms with Gasteiger partial charge in [0.05, 0.1) is 5.02 Å². The maximum atomic E-state index is 13.7. The largest absolute Gasteiger partial charge is 0.436 e. The van der Waals surface area contributed by atoms with Crippen LogP contribution in [0.5, 0.6) is 11.6 Å². The number of anilines is 1. The molecule has 0 atom stereocenters. The molecular formula is C13H13ClFN3O. The van der Waals surface area contributed by atoms with Crippen LogP contribution < -0.4 is 10.1 Å². The first kappa shape index (κ1) is 13.5. The minimum absolute atomic E-state index is 0.00943. The van der Waals surface area contributed by atoms with Crippen LogP contribution in [-0.2, 0) is 0 Å². The minimum atomic E-state index is -0.606. The monoisotopic (exact) mass is 281 g/mol. The molecule has 0 saturated heterocycles. The van der Waals surface area contributed by atoms with Crippen LogP contribution in [0, 0.1) is 12.7 Å². The van der Waals surface area contributed by atoms with E-state index in [0.29, 0.717) is 11.6 Å². The zero-order chi connectivity index (χ0) is 13.8. The first-order valence-corrected chi connectivity index (χ1v) is 6.19. The molecule has 2 aromatic rings. The van der Waals surface area contributed by atoms with Crippen molar-refractivity contribution in [2.45, 2.75) is 13.8 Å². The Balaban J connectivity index is 2.30. The van der Waals surface area contributed by atoms with Gasteiger partial charge in [-0.25, -0.2) is 9.37 Å². The molecule has 6 heteroatoms. The molecule has 0 saturated carbocycles. The molecule has 1 aromatic carbocycles. The third kappa shape index (κ3) is 3.32. The standard InChI is InChI=1S/C13H13ClFN3O/c1-3-16-11-7-12(18-8(2)17-11)19-10-6-4-5-9(14)13(10)15/h4-7H,3H2,1-2H3,(H,16,17,18). The minimum Gasteiger partial charge on any atom is -0.436 e. The van der Waals surface area contributed by atoms with Crippen LogP contribution in [0.3, 0.4) is 0 Å². The van der Waals surface area contributed by atoms with Gasteiger partial charge in [0.15, 0.2) is 11.6 Å². The van der Waals surface area contributed by atoms with Crippen molar-refractivity contribution in [1.82, 2.24) is 9.97 Å². The molecular weight excluding hydrogens is 269 g/mol. The van der Waals surface area contributed by atoms with Crippen LogP contribution in [0.15, 0.2) is 24.3 Å². The van der Waals surface area contributed by atoms with Gasteiger partial charge in [0, 0.05) is 12.6 Å². The average molecular weight is 282 g/mol. The summed E-state index contributed by atoms with van der Waals surface area (Å²) in [5, 5.41) is 3.06. The van der Waals surface area contributed by atoms with Crippen LogP contribution in [0.1, 0.15) is 12.7 Å². The van der Waals surface area contributed by atoms with E-state index in [1.165, 1.54) is 12.1 Å². The summed E-state index contributed by atoms with van der Waals surface area (Å²) in [7, 11) is 0. The number of rotatable bonds is 4. The molecule has 0 aliphatic carbocycles. The van der Waals surface area contributed by atoms with Gasteiger partial charge < -0.3 is 10.1 Å². The van der Waals surface area contributed by atoms with E-state index in [1.54, 1.807) is 19.1 Å². The number of halogens is 2. The molecule has 1 N–H and O–H groups in total. The lowest BCUT2D eigenvalue weighted by atomic mass is 10.3. The zero-order valence-electron chi connectivity index (χ0n) is 10.6. The van der Waals surface area contributed by atoms with Crippen molar-refractivity contribution in [3.8, 4) is 11.6 Å². The fraction of sp³-hybridized carbons (Fsp3) is 0.231. The number of hydrogen-bond donors (Lipinski definition) is 1. The zero-order valence-corrected chi connectivity index (χ0v) is 11.3. The second-order valence-corrected chi connectivity index (χ2v) is 4.23. The van der Waals surface area contributed by atoms with Crippen molar-refractivity contribution in [2.75, 3.05) is 11.9 Å². The van der Waals surface area contributed by atoms with E-state index in [2.05, 4.69) is 15.3 Å². The number of nitrogens with zero attached hydrogens (tertiary/aromatic N) is 2. The Morgan fingerprint density at radius 1 is 1.37 bits per heavy atom. The van der Waals surface area contributed by atoms with Gasteiger partial charge in [0.1, 0.15) is 11.6 Å². The second-order valence-electron chi connectivity index (χ2n) is 3.82. The van der Waals surface area contributed by atoms with Crippen LogP contribution in [0.2, 0.25) is 5.02 Å². The van der Waals surface area contributed by atoms with Crippen molar-refractivity contribution < 1.29 is 9.13 Å². The van der Waals surface area contributed by atoms with E-state index in [0.717, 1.165) is 6.54 Å². The van der Waals surface area contributed by atoms with Gasteiger partial charge in [-0.3, -0.25) is 0 Å². The van der Waals surface area contributed by atoms with E-state index in [-0.39, 0.29) is 16.7 Å². The van der Waals surface area contributed by atoms with Gasteiger partial charge in [-0.2, -0.15) is 4.98 Å². The molecule has 0 spiro atoms. The molecule has 100 valence electrons. The maximum absolute atomic E-state index is 13.7. The highest BCUT2D eigenvalue weighted by molar-refractivity contribution is 6.30. The number of ether oxygens (including phenoxy) is 1. The number of aryl methyl sites for hydroxylation is 1. The molecule has 4 nitrogen and oxygen atoms in total. The average Bonchev–Trinajstić information content (AvgIpc) is 2.35. The van der Waals surface area contributed by atoms with E-state index in [9.17, 15) is 4.39 Å². The van der Waals surface area contributed by atoms with E-state index in [1.807, 2.05) is 6.92 Å². The molecule has 19 heavy (non-hydrogen) atoms. The Morgan fingerprint density at radius 2 is 2.16 bits per heavy atom. The first-order valence-electron chi connectivity index (χ1n) is 5.81. The van der Waals surface area contributed by atoms with Gasteiger partial charge >= 0.3 is 0 Å². The first-order chi connectivity index (χ1) is 9.10. The number of aromatic nitrogens is 2. The van der Waals surface area contributed by atoms with Gasteiger partial charge in [0.2, 0.25) is 5.88 Å². The molecule has 0 fully saturated rings. The fourth-order valence-electron chi connectivity index (χ4n) is 1.54. The highest BCUT2D eigenvalue weighted by atomic mass is 35.5. The summed E-state index contributed by atoms with van der Waals surface area (Å²) >= 11 is 5.69. The number of benzene rings is 1. The van der Waals surface area contributed by atoms with Crippen LogP contribution >= 0.6 is 11.6 Å². The summed E-state index contributed by atoms with van der Waals surface area (Å²) in [6, 6.07) is 6.17. The summed E-state index contributed by atoms with van der Waals surface area (Å²) in [4.78, 5) is 8.28. The maximum Gasteiger partial charge on any atom is 0.224 e. The van der Waals surface area contributed by atoms with Crippen molar-refractivity contribution in [3.63, 3.8) is 0 Å². The van der Waals surface area contributed by atoms with Gasteiger partial charge in [-0.05, 0) is 26.0 Å². The summed E-state index contributed by atoms with van der Waals surface area (Å²) in [6.45, 7) is 4.41. The Kier molecular flexibility index (Phi) is 4.16. The van der Waals surface area contributed by atoms with Crippen LogP contribution in [0.4, 0.5) is 10.2 Å². The fourth-order valence-corrected chi connectivity index (χ4v) is 1.71. The Bertz CT molecular complexity index is 592. The molecule has 1 aromatic heterocycles. The topological polar surface area (TPSA) is 47.0 Å². The normalized spacial score (nSPS) is 10.3. The lowest BCUT2D eigenvalue weighted by Gasteiger charge is -2.09. The molecule has 0 aliphatic rings. The third-order valence-electron chi connectivity index (χ3n) is 2.30. The molecule has 1 heterocycles. The Labute approximate surface area is 115 Å². The third-order valence-corrected chi connectivity index (χ3v) is 2.59. The lowest BCUT2D eigenvalue weighted by Crippen LogP contribution is -2.02. The van der Waals surface area contributed by atoms with Crippen LogP contribution in [0.25, 0.3) is 0 Å². The number of hydrogen-bond acceptors (Lipinski definition) is 4. The van der Waals surface area contributed by atoms with Crippen molar-refractivity contribution in [2.24, 2.45) is 0 Å². The summed E-state index contributed by atoms with van der Waals surface area (Å²) in [5.41, 5.74) is 0. The van der Waals surface area contributed by atoms with Crippen molar-refractivity contribution in [3.05, 3.63) is 40.9 Å². The predicted octanol–water partition coefficient (Wildman–Crippen LogP) is 3.80. The quantitative estimate of drug-likeness (QED) is 0.926. The molecule has 0 amide bonds. The highest BCUT2D eigenvalue weighted by Gasteiger charge is 2.10. The van der Waals surface area contributed by atoms with Crippen molar-refractivity contribution in [1.29, 1.82) is 0 Å². The van der Waals surface area contributed by atoms with Crippen molar-refractivity contribution >= 4 is 17.4 Å². The molecule has 0 radical (unpaired) electrons. The summed E-state index contributed by atoms with van der Waals surface area (Å²) in [6.07, 6.45) is 0. The van der Waals surface area contributed by atoms with Gasteiger partial charge in [-0.15, -0.1) is 0 Å². The van der Waals surface area contributed by atoms with Crippen LogP contribution in [-0.4, -0.2) is 16.5 Å².